The zero-order chi connectivity index (χ0) is 15.8. The Kier molecular flexibility index (Phi) is 3.26. The number of para-hydroxylation sites is 2. The number of carbonyl (C=O) groups is 1. The minimum Gasteiger partial charge on any atom is -0.397 e. The van der Waals surface area contributed by atoms with Gasteiger partial charge >= 0.3 is 0 Å². The van der Waals surface area contributed by atoms with E-state index in [0.29, 0.717) is 16.9 Å². The molecule has 0 radical (unpaired) electrons. The average Bonchev–Trinajstić information content (AvgIpc) is 3.25. The Hall–Kier alpha value is -2.82. The Labute approximate surface area is 134 Å². The molecule has 0 saturated heterocycles. The summed E-state index contributed by atoms with van der Waals surface area (Å²) in [5.41, 5.74) is 8.57. The van der Waals surface area contributed by atoms with Gasteiger partial charge in [0.15, 0.2) is 0 Å². The molecule has 0 atom stereocenters. The summed E-state index contributed by atoms with van der Waals surface area (Å²) in [5, 5.41) is 8.39. The number of nitrogen functional groups attached to an aromatic ring is 1. The highest BCUT2D eigenvalue weighted by Gasteiger charge is 2.22. The molecular weight excluding hydrogens is 288 g/mol. The second kappa shape index (κ2) is 5.43. The first-order valence-electron chi connectivity index (χ1n) is 7.82. The maximum absolute atomic E-state index is 12.4. The van der Waals surface area contributed by atoms with Crippen molar-refractivity contribution in [3.63, 3.8) is 0 Å². The fraction of sp³-hybridized carbons (Fsp3) is 0.222. The lowest BCUT2D eigenvalue weighted by Gasteiger charge is -2.07. The van der Waals surface area contributed by atoms with Crippen LogP contribution in [-0.2, 0) is 6.54 Å². The van der Waals surface area contributed by atoms with E-state index in [1.165, 1.54) is 12.8 Å². The van der Waals surface area contributed by atoms with Crippen molar-refractivity contribution >= 4 is 28.2 Å². The predicted molar refractivity (Wildman–Crippen MR) is 91.3 cm³/mol. The summed E-state index contributed by atoms with van der Waals surface area (Å²) in [7, 11) is 0. The fourth-order valence-electron chi connectivity index (χ4n) is 2.68. The van der Waals surface area contributed by atoms with Crippen LogP contribution in [-0.4, -0.2) is 15.7 Å². The highest BCUT2D eigenvalue weighted by Crippen LogP contribution is 2.30. The number of fused-ring (bicyclic) bond motifs is 1. The highest BCUT2D eigenvalue weighted by molar-refractivity contribution is 6.07. The second-order valence-corrected chi connectivity index (χ2v) is 6.11. The van der Waals surface area contributed by atoms with E-state index < -0.39 is 0 Å². The lowest BCUT2D eigenvalue weighted by atomic mass is 10.1. The lowest BCUT2D eigenvalue weighted by Crippen LogP contribution is -2.12. The molecule has 1 amide bonds. The van der Waals surface area contributed by atoms with E-state index in [2.05, 4.69) is 10.4 Å². The summed E-state index contributed by atoms with van der Waals surface area (Å²) in [5.74, 6) is 0.605. The third-order valence-electron chi connectivity index (χ3n) is 4.17. The Balaban J connectivity index is 1.57. The third kappa shape index (κ3) is 2.90. The van der Waals surface area contributed by atoms with E-state index in [1.54, 1.807) is 18.2 Å². The number of hydrogen-bond acceptors (Lipinski definition) is 3. The van der Waals surface area contributed by atoms with Crippen LogP contribution in [0.15, 0.2) is 48.7 Å². The molecule has 2 aromatic carbocycles. The largest absolute Gasteiger partial charge is 0.397 e. The predicted octanol–water partition coefficient (Wildman–Crippen LogP) is 3.28. The van der Waals surface area contributed by atoms with Gasteiger partial charge in [0.1, 0.15) is 0 Å². The molecule has 3 N–H and O–H groups in total. The van der Waals surface area contributed by atoms with Crippen LogP contribution in [0.2, 0.25) is 0 Å². The van der Waals surface area contributed by atoms with Crippen molar-refractivity contribution in [2.45, 2.75) is 19.4 Å². The molecule has 0 spiro atoms. The normalized spacial score (nSPS) is 14.1. The summed E-state index contributed by atoms with van der Waals surface area (Å²) in [6.07, 6.45) is 4.60. The monoisotopic (exact) mass is 306 g/mol. The SMILES string of the molecule is Nc1ccccc1NC(=O)c1ccc2nn(CC3CC3)cc2c1. The molecule has 5 nitrogen and oxygen atoms in total. The van der Waals surface area contributed by atoms with Crippen LogP contribution in [0.25, 0.3) is 10.9 Å². The topological polar surface area (TPSA) is 72.9 Å². The second-order valence-electron chi connectivity index (χ2n) is 6.11. The number of nitrogens with two attached hydrogens (primary N) is 1. The van der Waals surface area contributed by atoms with Crippen molar-refractivity contribution in [3.8, 4) is 0 Å². The molecule has 3 aromatic rings. The van der Waals surface area contributed by atoms with Crippen molar-refractivity contribution in [1.29, 1.82) is 0 Å². The number of anilines is 2. The van der Waals surface area contributed by atoms with Gasteiger partial charge in [-0.2, -0.15) is 5.10 Å². The zero-order valence-electron chi connectivity index (χ0n) is 12.7. The smallest absolute Gasteiger partial charge is 0.255 e. The molecule has 4 rings (SSSR count). The Bertz CT molecular complexity index is 880. The lowest BCUT2D eigenvalue weighted by molar-refractivity contribution is 0.102. The molecule has 5 heteroatoms. The molecule has 1 aliphatic rings. The molecule has 1 fully saturated rings. The summed E-state index contributed by atoms with van der Waals surface area (Å²) >= 11 is 0. The van der Waals surface area contributed by atoms with Crippen molar-refractivity contribution in [3.05, 3.63) is 54.2 Å². The number of rotatable bonds is 4. The van der Waals surface area contributed by atoms with Gasteiger partial charge in [0.25, 0.3) is 5.91 Å². The number of aromatic nitrogens is 2. The molecule has 1 saturated carbocycles. The van der Waals surface area contributed by atoms with Crippen LogP contribution < -0.4 is 11.1 Å². The van der Waals surface area contributed by atoms with Crippen LogP contribution in [0, 0.1) is 5.92 Å². The first-order valence-corrected chi connectivity index (χ1v) is 7.82. The van der Waals surface area contributed by atoms with Gasteiger partial charge in [-0.25, -0.2) is 0 Å². The molecule has 23 heavy (non-hydrogen) atoms. The van der Waals surface area contributed by atoms with Gasteiger partial charge in [-0.3, -0.25) is 9.48 Å². The molecule has 0 bridgehead atoms. The zero-order valence-corrected chi connectivity index (χ0v) is 12.7. The minimum atomic E-state index is -0.167. The average molecular weight is 306 g/mol. The minimum absolute atomic E-state index is 0.167. The van der Waals surface area contributed by atoms with E-state index in [4.69, 9.17) is 5.73 Å². The van der Waals surface area contributed by atoms with E-state index in [-0.39, 0.29) is 5.91 Å². The van der Waals surface area contributed by atoms with Crippen molar-refractivity contribution in [1.82, 2.24) is 9.78 Å². The van der Waals surface area contributed by atoms with Crippen LogP contribution in [0.5, 0.6) is 0 Å². The van der Waals surface area contributed by atoms with Crippen molar-refractivity contribution < 1.29 is 4.79 Å². The molecule has 1 aromatic heterocycles. The molecule has 116 valence electrons. The summed E-state index contributed by atoms with van der Waals surface area (Å²) in [4.78, 5) is 12.4. The number of nitrogens with zero attached hydrogens (tertiary/aromatic N) is 2. The maximum atomic E-state index is 12.4. The first-order chi connectivity index (χ1) is 11.2. The maximum Gasteiger partial charge on any atom is 0.255 e. The molecular formula is C18H18N4O. The number of hydrogen-bond donors (Lipinski definition) is 2. The summed E-state index contributed by atoms with van der Waals surface area (Å²) in [6, 6.07) is 12.8. The summed E-state index contributed by atoms with van der Waals surface area (Å²) in [6.45, 7) is 0.969. The van der Waals surface area contributed by atoms with Gasteiger partial charge in [0.05, 0.1) is 16.9 Å². The van der Waals surface area contributed by atoms with Crippen LogP contribution in [0.4, 0.5) is 11.4 Å². The van der Waals surface area contributed by atoms with Gasteiger partial charge in [-0.15, -0.1) is 0 Å². The quantitative estimate of drug-likeness (QED) is 0.726. The fourth-order valence-corrected chi connectivity index (χ4v) is 2.68. The van der Waals surface area contributed by atoms with Gasteiger partial charge in [0.2, 0.25) is 0 Å². The standard InChI is InChI=1S/C18H18N4O/c19-15-3-1-2-4-17(15)20-18(23)13-7-8-16-14(9-13)11-22(21-16)10-12-5-6-12/h1-4,7-9,11-12H,5-6,10,19H2,(H,20,23). The van der Waals surface area contributed by atoms with E-state index >= 15 is 0 Å². The Morgan fingerprint density at radius 3 is 2.87 bits per heavy atom. The number of amides is 1. The third-order valence-corrected chi connectivity index (χ3v) is 4.17. The van der Waals surface area contributed by atoms with Gasteiger partial charge < -0.3 is 11.1 Å². The molecule has 0 aliphatic heterocycles. The van der Waals surface area contributed by atoms with Crippen molar-refractivity contribution in [2.75, 3.05) is 11.1 Å². The Morgan fingerprint density at radius 2 is 2.09 bits per heavy atom. The summed E-state index contributed by atoms with van der Waals surface area (Å²) < 4.78 is 1.99. The van der Waals surface area contributed by atoms with E-state index in [9.17, 15) is 4.79 Å². The number of carbonyl (C=O) groups excluding carboxylic acids is 1. The highest BCUT2D eigenvalue weighted by atomic mass is 16.1. The van der Waals surface area contributed by atoms with Gasteiger partial charge in [0, 0.05) is 23.7 Å². The van der Waals surface area contributed by atoms with Crippen molar-refractivity contribution in [2.24, 2.45) is 5.92 Å². The van der Waals surface area contributed by atoms with Gasteiger partial charge in [-0.1, -0.05) is 12.1 Å². The number of nitrogens with one attached hydrogen (secondary N) is 1. The first kappa shape index (κ1) is 13.8. The van der Waals surface area contributed by atoms with Crippen LogP contribution >= 0.6 is 0 Å². The van der Waals surface area contributed by atoms with Gasteiger partial charge in [-0.05, 0) is 49.1 Å². The van der Waals surface area contributed by atoms with E-state index in [1.807, 2.05) is 35.1 Å². The van der Waals surface area contributed by atoms with Crippen LogP contribution in [0.3, 0.4) is 0 Å². The molecule has 1 aliphatic carbocycles. The van der Waals surface area contributed by atoms with Crippen LogP contribution in [0.1, 0.15) is 23.2 Å². The Morgan fingerprint density at radius 1 is 1.26 bits per heavy atom. The molecule has 1 heterocycles. The molecule has 0 unspecified atom stereocenters. The number of benzene rings is 2. The van der Waals surface area contributed by atoms with E-state index in [0.717, 1.165) is 23.4 Å².